The van der Waals surface area contributed by atoms with Crippen LogP contribution in [0.3, 0.4) is 0 Å². The molecule has 2 aromatic heterocycles. The monoisotopic (exact) mass is 315 g/mol. The zero-order valence-corrected chi connectivity index (χ0v) is 14.2. The molecule has 6 heteroatoms. The van der Waals surface area contributed by atoms with Crippen LogP contribution in [0, 0.1) is 5.41 Å². The van der Waals surface area contributed by atoms with E-state index < -0.39 is 0 Å². The Hall–Kier alpha value is -2.08. The zero-order chi connectivity index (χ0) is 16.4. The van der Waals surface area contributed by atoms with E-state index in [1.165, 1.54) is 0 Å². The van der Waals surface area contributed by atoms with Crippen molar-refractivity contribution in [2.45, 2.75) is 39.0 Å². The Kier molecular flexibility index (Phi) is 4.26. The van der Waals surface area contributed by atoms with Crippen molar-refractivity contribution in [1.82, 2.24) is 20.0 Å². The van der Waals surface area contributed by atoms with Crippen LogP contribution in [0.1, 0.15) is 26.0 Å². The normalized spacial score (nSPS) is 23.6. The number of ether oxygens (including phenoxy) is 1. The van der Waals surface area contributed by atoms with Crippen LogP contribution in [0.25, 0.3) is 5.65 Å². The number of nitrogens with zero attached hydrogens (tertiary/aromatic N) is 3. The second kappa shape index (κ2) is 6.20. The summed E-state index contributed by atoms with van der Waals surface area (Å²) in [6.07, 6.45) is 5.33. The van der Waals surface area contributed by atoms with Crippen molar-refractivity contribution >= 4 is 11.6 Å². The predicted octanol–water partition coefficient (Wildman–Crippen LogP) is 1.81. The van der Waals surface area contributed by atoms with E-state index in [0.29, 0.717) is 18.7 Å². The van der Waals surface area contributed by atoms with Gasteiger partial charge in [0.1, 0.15) is 5.65 Å². The van der Waals surface area contributed by atoms with Crippen molar-refractivity contribution in [3.8, 4) is 0 Å². The number of aromatic nitrogens is 2. The molecule has 0 saturated heterocycles. The van der Waals surface area contributed by atoms with Gasteiger partial charge in [-0.05, 0) is 18.6 Å². The second-order valence-corrected chi connectivity index (χ2v) is 6.60. The lowest BCUT2D eigenvalue weighted by atomic mass is 9.64. The lowest BCUT2D eigenvalue weighted by Gasteiger charge is -2.51. The maximum atomic E-state index is 5.50. The number of imidazole rings is 1. The molecule has 1 aliphatic carbocycles. The highest BCUT2D eigenvalue weighted by Gasteiger charge is 2.48. The van der Waals surface area contributed by atoms with Gasteiger partial charge in [-0.1, -0.05) is 19.9 Å². The highest BCUT2D eigenvalue weighted by atomic mass is 16.5. The number of rotatable bonds is 4. The van der Waals surface area contributed by atoms with Crippen LogP contribution >= 0.6 is 0 Å². The van der Waals surface area contributed by atoms with E-state index >= 15 is 0 Å². The number of nitrogens with one attached hydrogen (secondary N) is 2. The van der Waals surface area contributed by atoms with Crippen LogP contribution in [-0.4, -0.2) is 41.6 Å². The van der Waals surface area contributed by atoms with Crippen molar-refractivity contribution in [3.05, 3.63) is 36.3 Å². The fourth-order valence-electron chi connectivity index (χ4n) is 3.14. The van der Waals surface area contributed by atoms with Gasteiger partial charge in [-0.3, -0.25) is 4.99 Å². The molecule has 1 aliphatic rings. The highest BCUT2D eigenvalue weighted by molar-refractivity contribution is 5.80. The van der Waals surface area contributed by atoms with Gasteiger partial charge in [-0.2, -0.15) is 0 Å². The number of pyridine rings is 1. The molecular formula is C17H25N5O. The maximum Gasteiger partial charge on any atom is 0.191 e. The molecule has 2 atom stereocenters. The summed E-state index contributed by atoms with van der Waals surface area (Å²) in [5.74, 6) is 0.801. The van der Waals surface area contributed by atoms with Crippen molar-refractivity contribution in [2.24, 2.45) is 10.4 Å². The van der Waals surface area contributed by atoms with E-state index in [9.17, 15) is 0 Å². The van der Waals surface area contributed by atoms with Crippen molar-refractivity contribution in [1.29, 1.82) is 0 Å². The molecule has 2 aromatic rings. The fraction of sp³-hybridized carbons (Fsp3) is 0.529. The van der Waals surface area contributed by atoms with Gasteiger partial charge in [-0.15, -0.1) is 0 Å². The Morgan fingerprint density at radius 3 is 2.96 bits per heavy atom. The Morgan fingerprint density at radius 1 is 1.48 bits per heavy atom. The van der Waals surface area contributed by atoms with E-state index in [4.69, 9.17) is 4.74 Å². The number of hydrogen-bond donors (Lipinski definition) is 2. The Bertz CT molecular complexity index is 673. The molecule has 2 unspecified atom stereocenters. The van der Waals surface area contributed by atoms with E-state index in [0.717, 1.165) is 23.7 Å². The number of guanidine groups is 1. The van der Waals surface area contributed by atoms with Gasteiger partial charge < -0.3 is 19.8 Å². The Labute approximate surface area is 137 Å². The maximum absolute atomic E-state index is 5.50. The van der Waals surface area contributed by atoms with E-state index in [1.807, 2.05) is 35.0 Å². The largest absolute Gasteiger partial charge is 0.381 e. The minimum Gasteiger partial charge on any atom is -0.381 e. The highest BCUT2D eigenvalue weighted by Crippen LogP contribution is 2.42. The van der Waals surface area contributed by atoms with E-state index in [-0.39, 0.29) is 5.41 Å². The SMILES string of the molecule is CN=C(NCc1cn2ccccc2n1)NC1CC(OC)C1(C)C. The molecule has 0 bridgehead atoms. The standard InChI is InChI=1S/C17H25N5O/c1-17(2)13(9-14(17)23-4)21-16(18-3)19-10-12-11-22-8-6-5-7-15(22)20-12/h5-8,11,13-14H,9-10H2,1-4H3,(H2,18,19,21). The second-order valence-electron chi connectivity index (χ2n) is 6.60. The van der Waals surface area contributed by atoms with Gasteiger partial charge in [0.15, 0.2) is 5.96 Å². The summed E-state index contributed by atoms with van der Waals surface area (Å²) in [6, 6.07) is 6.35. The molecule has 0 aliphatic heterocycles. The summed E-state index contributed by atoms with van der Waals surface area (Å²) in [6.45, 7) is 5.08. The number of hydrogen-bond acceptors (Lipinski definition) is 3. The molecule has 124 valence electrons. The van der Waals surface area contributed by atoms with E-state index in [2.05, 4.69) is 34.5 Å². The Morgan fingerprint density at radius 2 is 2.30 bits per heavy atom. The molecule has 0 radical (unpaired) electrons. The third-order valence-corrected chi connectivity index (χ3v) is 4.85. The first kappa shape index (κ1) is 15.8. The molecule has 0 spiro atoms. The van der Waals surface area contributed by atoms with Crippen LogP contribution in [0.5, 0.6) is 0 Å². The van der Waals surface area contributed by atoms with Crippen LogP contribution in [0.2, 0.25) is 0 Å². The number of methoxy groups -OCH3 is 1. The van der Waals surface area contributed by atoms with Crippen molar-refractivity contribution in [2.75, 3.05) is 14.2 Å². The summed E-state index contributed by atoms with van der Waals surface area (Å²) in [4.78, 5) is 8.90. The van der Waals surface area contributed by atoms with E-state index in [1.54, 1.807) is 14.2 Å². The molecule has 23 heavy (non-hydrogen) atoms. The molecule has 1 saturated carbocycles. The number of fused-ring (bicyclic) bond motifs is 1. The topological polar surface area (TPSA) is 63.0 Å². The predicted molar refractivity (Wildman–Crippen MR) is 91.5 cm³/mol. The third-order valence-electron chi connectivity index (χ3n) is 4.85. The Balaban J connectivity index is 1.58. The zero-order valence-electron chi connectivity index (χ0n) is 14.2. The molecular weight excluding hydrogens is 290 g/mol. The molecule has 2 N–H and O–H groups in total. The lowest BCUT2D eigenvalue weighted by molar-refractivity contribution is -0.0922. The van der Waals surface area contributed by atoms with Crippen LogP contribution in [0.15, 0.2) is 35.6 Å². The quantitative estimate of drug-likeness (QED) is 0.667. The summed E-state index contributed by atoms with van der Waals surface area (Å²) < 4.78 is 7.52. The van der Waals surface area contributed by atoms with Gasteiger partial charge in [0.05, 0.1) is 18.3 Å². The van der Waals surface area contributed by atoms with Gasteiger partial charge >= 0.3 is 0 Å². The first-order chi connectivity index (χ1) is 11.0. The molecule has 3 rings (SSSR count). The average Bonchev–Trinajstić information content (AvgIpc) is 2.96. The van der Waals surface area contributed by atoms with Crippen LogP contribution in [0.4, 0.5) is 0 Å². The summed E-state index contributed by atoms with van der Waals surface area (Å²) in [5, 5.41) is 6.82. The van der Waals surface area contributed by atoms with Gasteiger partial charge in [0.25, 0.3) is 0 Å². The molecule has 0 amide bonds. The van der Waals surface area contributed by atoms with Crippen molar-refractivity contribution < 1.29 is 4.74 Å². The summed E-state index contributed by atoms with van der Waals surface area (Å²) in [7, 11) is 3.57. The van der Waals surface area contributed by atoms with Crippen LogP contribution in [-0.2, 0) is 11.3 Å². The van der Waals surface area contributed by atoms with Gasteiger partial charge in [0, 0.05) is 38.0 Å². The first-order valence-electron chi connectivity index (χ1n) is 7.97. The summed E-state index contributed by atoms with van der Waals surface area (Å²) in [5.41, 5.74) is 2.05. The fourth-order valence-corrected chi connectivity index (χ4v) is 3.14. The van der Waals surface area contributed by atoms with Crippen LogP contribution < -0.4 is 10.6 Å². The van der Waals surface area contributed by atoms with Gasteiger partial charge in [0.2, 0.25) is 0 Å². The molecule has 1 fully saturated rings. The minimum atomic E-state index is 0.107. The average molecular weight is 315 g/mol. The smallest absolute Gasteiger partial charge is 0.191 e. The first-order valence-corrected chi connectivity index (χ1v) is 7.97. The molecule has 0 aromatic carbocycles. The summed E-state index contributed by atoms with van der Waals surface area (Å²) >= 11 is 0. The van der Waals surface area contributed by atoms with Gasteiger partial charge in [-0.25, -0.2) is 4.98 Å². The molecule has 2 heterocycles. The minimum absolute atomic E-state index is 0.107. The number of aliphatic imine (C=N–C) groups is 1. The lowest BCUT2D eigenvalue weighted by Crippen LogP contribution is -2.63. The third kappa shape index (κ3) is 3.03. The van der Waals surface area contributed by atoms with Crippen molar-refractivity contribution in [3.63, 3.8) is 0 Å². The molecule has 6 nitrogen and oxygen atoms in total.